The number of aromatic nitrogens is 3. The predicted molar refractivity (Wildman–Crippen MR) is 117 cm³/mol. The van der Waals surface area contributed by atoms with Gasteiger partial charge in [-0.15, -0.1) is 0 Å². The highest BCUT2D eigenvalue weighted by Crippen LogP contribution is 2.32. The minimum atomic E-state index is -0.491. The first-order valence-corrected chi connectivity index (χ1v) is 9.91. The number of benzene rings is 2. The number of nitrogens with two attached hydrogens (primary N) is 1. The normalized spacial score (nSPS) is 12.2. The maximum absolute atomic E-state index is 13.0. The summed E-state index contributed by atoms with van der Waals surface area (Å²) in [5.41, 5.74) is 9.80. The van der Waals surface area contributed by atoms with E-state index in [1.54, 1.807) is 11.7 Å². The number of ether oxygens (including phenoxy) is 2. The van der Waals surface area contributed by atoms with Crippen LogP contribution in [0.2, 0.25) is 0 Å². The third-order valence-electron chi connectivity index (χ3n) is 5.23. The number of carbonyl (C=O) groups excluding carboxylic acids is 1. The fourth-order valence-corrected chi connectivity index (χ4v) is 3.26. The Balaban J connectivity index is 1.92. The Morgan fingerprint density at radius 2 is 1.77 bits per heavy atom. The average molecular weight is 404 g/mol. The van der Waals surface area contributed by atoms with E-state index < -0.39 is 5.97 Å². The number of nitrogens with zero attached hydrogens (tertiary/aromatic N) is 3. The lowest BCUT2D eigenvalue weighted by Gasteiger charge is -2.10. The molecule has 0 bridgehead atoms. The molecule has 0 aliphatic rings. The molecule has 4 rings (SSSR count). The highest BCUT2D eigenvalue weighted by Gasteiger charge is 2.26. The van der Waals surface area contributed by atoms with Gasteiger partial charge in [0, 0.05) is 5.69 Å². The van der Waals surface area contributed by atoms with Crippen molar-refractivity contribution in [2.45, 2.75) is 20.3 Å². The fourth-order valence-electron chi connectivity index (χ4n) is 3.26. The van der Waals surface area contributed by atoms with Crippen LogP contribution >= 0.6 is 0 Å². The number of anilines is 1. The maximum atomic E-state index is 13.0. The highest BCUT2D eigenvalue weighted by atomic mass is 16.5. The second kappa shape index (κ2) is 8.02. The SMILES string of the molecule is CC[C@H](C)COC(=O)c1c(N)n(-c2ccc(OC)cc2)c2nc3ccccc3nc12. The van der Waals surface area contributed by atoms with E-state index in [9.17, 15) is 4.79 Å². The van der Waals surface area contributed by atoms with E-state index in [-0.39, 0.29) is 17.3 Å². The van der Waals surface area contributed by atoms with E-state index >= 15 is 0 Å². The van der Waals surface area contributed by atoms with Crippen LogP contribution in [-0.2, 0) is 4.74 Å². The van der Waals surface area contributed by atoms with Crippen LogP contribution in [0.25, 0.3) is 27.9 Å². The molecule has 0 radical (unpaired) electrons. The second-order valence-corrected chi connectivity index (χ2v) is 7.29. The van der Waals surface area contributed by atoms with Gasteiger partial charge in [-0.2, -0.15) is 0 Å². The molecule has 0 saturated heterocycles. The number of fused-ring (bicyclic) bond motifs is 2. The molecule has 2 aromatic heterocycles. The zero-order valence-electron chi connectivity index (χ0n) is 17.3. The molecular weight excluding hydrogens is 380 g/mol. The Bertz CT molecular complexity index is 1210. The van der Waals surface area contributed by atoms with E-state index in [1.165, 1.54) is 0 Å². The average Bonchev–Trinajstić information content (AvgIpc) is 3.06. The number of hydrogen-bond donors (Lipinski definition) is 1. The first-order valence-electron chi connectivity index (χ1n) is 9.91. The van der Waals surface area contributed by atoms with Crippen LogP contribution in [-0.4, -0.2) is 34.2 Å². The van der Waals surface area contributed by atoms with Gasteiger partial charge in [0.2, 0.25) is 0 Å². The summed E-state index contributed by atoms with van der Waals surface area (Å²) in [5, 5.41) is 0. The smallest absolute Gasteiger partial charge is 0.344 e. The molecule has 0 aliphatic heterocycles. The Kier molecular flexibility index (Phi) is 5.27. The molecule has 7 heteroatoms. The molecule has 0 spiro atoms. The number of para-hydroxylation sites is 2. The summed E-state index contributed by atoms with van der Waals surface area (Å²) in [5.74, 6) is 0.741. The predicted octanol–water partition coefficient (Wildman–Crippen LogP) is 4.37. The number of nitrogen functional groups attached to an aromatic ring is 1. The van der Waals surface area contributed by atoms with Gasteiger partial charge >= 0.3 is 5.97 Å². The van der Waals surface area contributed by atoms with Crippen molar-refractivity contribution in [1.29, 1.82) is 0 Å². The molecule has 0 aliphatic carbocycles. The maximum Gasteiger partial charge on any atom is 0.344 e. The molecular formula is C23H24N4O3. The van der Waals surface area contributed by atoms with Crippen molar-refractivity contribution in [1.82, 2.24) is 14.5 Å². The Labute approximate surface area is 174 Å². The van der Waals surface area contributed by atoms with E-state index in [0.717, 1.165) is 23.4 Å². The van der Waals surface area contributed by atoms with Crippen LogP contribution in [0, 0.1) is 5.92 Å². The van der Waals surface area contributed by atoms with Gasteiger partial charge in [-0.25, -0.2) is 14.8 Å². The molecule has 0 saturated carbocycles. The topological polar surface area (TPSA) is 92.3 Å². The summed E-state index contributed by atoms with van der Waals surface area (Å²) in [6, 6.07) is 14.9. The first kappa shape index (κ1) is 19.7. The Morgan fingerprint density at radius 3 is 2.40 bits per heavy atom. The lowest BCUT2D eigenvalue weighted by molar-refractivity contribution is 0.0450. The molecule has 154 valence electrons. The number of hydrogen-bond acceptors (Lipinski definition) is 6. The van der Waals surface area contributed by atoms with Crippen molar-refractivity contribution >= 4 is 34.0 Å². The van der Waals surface area contributed by atoms with Crippen LogP contribution in [0.15, 0.2) is 48.5 Å². The van der Waals surface area contributed by atoms with Gasteiger partial charge < -0.3 is 15.2 Å². The number of esters is 1. The lowest BCUT2D eigenvalue weighted by Crippen LogP contribution is -2.13. The van der Waals surface area contributed by atoms with Crippen molar-refractivity contribution in [3.63, 3.8) is 0 Å². The molecule has 0 amide bonds. The van der Waals surface area contributed by atoms with Gasteiger partial charge in [0.1, 0.15) is 22.6 Å². The lowest BCUT2D eigenvalue weighted by atomic mass is 10.1. The van der Waals surface area contributed by atoms with Gasteiger partial charge in [0.25, 0.3) is 0 Å². The summed E-state index contributed by atoms with van der Waals surface area (Å²) >= 11 is 0. The van der Waals surface area contributed by atoms with Crippen LogP contribution in [0.4, 0.5) is 5.82 Å². The number of rotatable bonds is 6. The van der Waals surface area contributed by atoms with Crippen LogP contribution < -0.4 is 10.5 Å². The zero-order chi connectivity index (χ0) is 21.3. The molecule has 4 aromatic rings. The van der Waals surface area contributed by atoms with Crippen molar-refractivity contribution < 1.29 is 14.3 Å². The first-order chi connectivity index (χ1) is 14.5. The van der Waals surface area contributed by atoms with E-state index in [2.05, 4.69) is 6.92 Å². The molecule has 0 unspecified atom stereocenters. The summed E-state index contributed by atoms with van der Waals surface area (Å²) in [4.78, 5) is 22.4. The van der Waals surface area contributed by atoms with Gasteiger partial charge in [0.05, 0.1) is 24.8 Å². The van der Waals surface area contributed by atoms with Crippen molar-refractivity contribution in [2.75, 3.05) is 19.5 Å². The summed E-state index contributed by atoms with van der Waals surface area (Å²) < 4.78 is 12.5. The molecule has 2 aromatic carbocycles. The van der Waals surface area contributed by atoms with Crippen molar-refractivity contribution in [3.8, 4) is 11.4 Å². The van der Waals surface area contributed by atoms with E-state index in [0.29, 0.717) is 23.3 Å². The molecule has 1 atom stereocenters. The Hall–Kier alpha value is -3.61. The van der Waals surface area contributed by atoms with E-state index in [4.69, 9.17) is 25.2 Å². The van der Waals surface area contributed by atoms with Crippen LogP contribution in [0.1, 0.15) is 30.6 Å². The van der Waals surface area contributed by atoms with Crippen LogP contribution in [0.5, 0.6) is 5.75 Å². The Morgan fingerprint density at radius 1 is 1.10 bits per heavy atom. The minimum Gasteiger partial charge on any atom is -0.497 e. The molecule has 30 heavy (non-hydrogen) atoms. The number of carbonyl (C=O) groups is 1. The van der Waals surface area contributed by atoms with Crippen molar-refractivity contribution in [3.05, 3.63) is 54.1 Å². The highest BCUT2D eigenvalue weighted by molar-refractivity contribution is 6.09. The summed E-state index contributed by atoms with van der Waals surface area (Å²) in [6.07, 6.45) is 0.917. The van der Waals surface area contributed by atoms with Gasteiger partial charge in [-0.3, -0.25) is 4.57 Å². The monoisotopic (exact) mass is 404 g/mol. The quantitative estimate of drug-likeness (QED) is 0.480. The molecule has 0 fully saturated rings. The fraction of sp³-hybridized carbons (Fsp3) is 0.261. The molecule has 2 N–H and O–H groups in total. The van der Waals surface area contributed by atoms with Crippen LogP contribution in [0.3, 0.4) is 0 Å². The minimum absolute atomic E-state index is 0.238. The summed E-state index contributed by atoms with van der Waals surface area (Å²) in [7, 11) is 1.61. The zero-order valence-corrected chi connectivity index (χ0v) is 17.3. The standard InChI is InChI=1S/C23H24N4O3/c1-4-14(2)13-30-23(28)19-20-22(26-18-8-6-5-7-17(18)25-20)27(21(19)24)15-9-11-16(29-3)12-10-15/h5-12,14H,4,13,24H2,1-3H3/t14-/m0/s1. The third kappa shape index (κ3) is 3.43. The largest absolute Gasteiger partial charge is 0.497 e. The van der Waals surface area contributed by atoms with E-state index in [1.807, 2.05) is 55.5 Å². The van der Waals surface area contributed by atoms with Gasteiger partial charge in [0.15, 0.2) is 5.65 Å². The number of methoxy groups -OCH3 is 1. The second-order valence-electron chi connectivity index (χ2n) is 7.29. The summed E-state index contributed by atoms with van der Waals surface area (Å²) in [6.45, 7) is 4.41. The molecule has 7 nitrogen and oxygen atoms in total. The third-order valence-corrected chi connectivity index (χ3v) is 5.23. The van der Waals surface area contributed by atoms with Gasteiger partial charge in [-0.05, 0) is 42.3 Å². The van der Waals surface area contributed by atoms with Gasteiger partial charge in [-0.1, -0.05) is 32.4 Å². The molecule has 2 heterocycles. The van der Waals surface area contributed by atoms with Crippen molar-refractivity contribution in [2.24, 2.45) is 5.92 Å².